The molecule has 0 atom stereocenters. The van der Waals surface area contributed by atoms with E-state index in [0.29, 0.717) is 6.04 Å². The molecule has 0 amide bonds. The lowest BCUT2D eigenvalue weighted by atomic mass is 9.87. The molecule has 0 bridgehead atoms. The summed E-state index contributed by atoms with van der Waals surface area (Å²) in [5, 5.41) is 11.3. The first kappa shape index (κ1) is 16.8. The van der Waals surface area contributed by atoms with Crippen molar-refractivity contribution >= 4 is 5.96 Å². The largest absolute Gasteiger partial charge is 0.357 e. The number of hydrogen-bond donors (Lipinski definition) is 2. The van der Waals surface area contributed by atoms with E-state index in [9.17, 15) is 0 Å². The van der Waals surface area contributed by atoms with E-state index in [-0.39, 0.29) is 0 Å². The number of hydrogen-bond acceptors (Lipinski definition) is 2. The molecule has 0 saturated heterocycles. The second-order valence-corrected chi connectivity index (χ2v) is 6.50. The highest BCUT2D eigenvalue weighted by Gasteiger charge is 2.18. The number of nitrogens with one attached hydrogen (secondary N) is 2. The van der Waals surface area contributed by atoms with Crippen molar-refractivity contribution in [3.05, 3.63) is 18.0 Å². The fourth-order valence-electron chi connectivity index (χ4n) is 2.93. The van der Waals surface area contributed by atoms with Gasteiger partial charge in [-0.05, 0) is 57.4 Å². The van der Waals surface area contributed by atoms with Crippen LogP contribution < -0.4 is 10.6 Å². The molecule has 1 aliphatic carbocycles. The Kier molecular flexibility index (Phi) is 6.74. The monoisotopic (exact) mass is 305 g/mol. The maximum absolute atomic E-state index is 4.70. The lowest BCUT2D eigenvalue weighted by Crippen LogP contribution is -2.44. The minimum absolute atomic E-state index is 0.586. The van der Waals surface area contributed by atoms with Gasteiger partial charge >= 0.3 is 0 Å². The molecule has 0 radical (unpaired) electrons. The van der Waals surface area contributed by atoms with E-state index in [4.69, 9.17) is 4.99 Å². The molecular formula is C17H31N5. The van der Waals surface area contributed by atoms with Crippen LogP contribution in [0.4, 0.5) is 0 Å². The number of aromatic nitrogens is 2. The summed E-state index contributed by atoms with van der Waals surface area (Å²) in [4.78, 5) is 4.70. The molecule has 22 heavy (non-hydrogen) atoms. The zero-order valence-corrected chi connectivity index (χ0v) is 14.3. The summed E-state index contributed by atoms with van der Waals surface area (Å²) in [6.07, 6.45) is 10.2. The van der Waals surface area contributed by atoms with Crippen LogP contribution in [0.25, 0.3) is 0 Å². The molecule has 0 aliphatic heterocycles. The molecule has 0 aromatic carbocycles. The van der Waals surface area contributed by atoms with Gasteiger partial charge in [0.05, 0.1) is 6.20 Å². The fraction of sp³-hybridized carbons (Fsp3) is 0.765. The smallest absolute Gasteiger partial charge is 0.191 e. The van der Waals surface area contributed by atoms with E-state index in [2.05, 4.69) is 42.7 Å². The summed E-state index contributed by atoms with van der Waals surface area (Å²) in [5.74, 6) is 1.86. The van der Waals surface area contributed by atoms with E-state index < -0.39 is 0 Å². The Bertz CT molecular complexity index is 457. The third-order valence-corrected chi connectivity index (χ3v) is 4.28. The Labute approximate surface area is 134 Å². The molecule has 1 aliphatic rings. The molecule has 1 saturated carbocycles. The summed E-state index contributed by atoms with van der Waals surface area (Å²) in [7, 11) is 0. The predicted octanol–water partition coefficient (Wildman–Crippen LogP) is 2.72. The van der Waals surface area contributed by atoms with Crippen molar-refractivity contribution in [1.29, 1.82) is 0 Å². The molecular weight excluding hydrogens is 274 g/mol. The first-order valence-electron chi connectivity index (χ1n) is 8.71. The van der Waals surface area contributed by atoms with E-state index in [1.54, 1.807) is 0 Å². The number of nitrogens with zero attached hydrogens (tertiary/aromatic N) is 3. The van der Waals surface area contributed by atoms with Crippen LogP contribution in [0.5, 0.6) is 0 Å². The predicted molar refractivity (Wildman–Crippen MR) is 92.1 cm³/mol. The van der Waals surface area contributed by atoms with Crippen molar-refractivity contribution in [3.63, 3.8) is 0 Å². The van der Waals surface area contributed by atoms with Crippen molar-refractivity contribution in [1.82, 2.24) is 20.4 Å². The highest BCUT2D eigenvalue weighted by molar-refractivity contribution is 5.80. The van der Waals surface area contributed by atoms with Crippen molar-refractivity contribution in [3.8, 4) is 0 Å². The van der Waals surface area contributed by atoms with Crippen molar-refractivity contribution < 1.29 is 0 Å². The number of guanidine groups is 1. The second-order valence-electron chi connectivity index (χ2n) is 6.50. The standard InChI is InChI=1S/C17H31N5/c1-4-18-17(21-16-8-6-14(2)7-9-16)19-10-5-11-22-13-15(3)12-20-22/h12-14,16H,4-11H2,1-3H3,(H2,18,19,21). The summed E-state index contributed by atoms with van der Waals surface area (Å²) in [5.41, 5.74) is 1.21. The molecule has 0 unspecified atom stereocenters. The van der Waals surface area contributed by atoms with Crippen molar-refractivity contribution in [2.24, 2.45) is 10.9 Å². The van der Waals surface area contributed by atoms with Crippen LogP contribution in [0.15, 0.2) is 17.4 Å². The molecule has 1 aromatic rings. The van der Waals surface area contributed by atoms with Gasteiger partial charge in [0.1, 0.15) is 0 Å². The van der Waals surface area contributed by atoms with Crippen LogP contribution >= 0.6 is 0 Å². The SMILES string of the molecule is CCNC(=NCCCn1cc(C)cn1)NC1CCC(C)CC1. The van der Waals surface area contributed by atoms with Gasteiger partial charge in [0.2, 0.25) is 0 Å². The van der Waals surface area contributed by atoms with Gasteiger partial charge in [0.25, 0.3) is 0 Å². The summed E-state index contributed by atoms with van der Waals surface area (Å²) in [6.45, 7) is 9.21. The second kappa shape index (κ2) is 8.81. The molecule has 2 N–H and O–H groups in total. The Hall–Kier alpha value is -1.52. The highest BCUT2D eigenvalue weighted by atomic mass is 15.3. The molecule has 5 nitrogen and oxygen atoms in total. The first-order chi connectivity index (χ1) is 10.7. The Morgan fingerprint density at radius 1 is 1.36 bits per heavy atom. The maximum Gasteiger partial charge on any atom is 0.191 e. The molecule has 0 spiro atoms. The van der Waals surface area contributed by atoms with E-state index in [0.717, 1.165) is 37.9 Å². The van der Waals surface area contributed by atoms with Crippen LogP contribution in [0.1, 0.15) is 51.5 Å². The Balaban J connectivity index is 1.74. The van der Waals surface area contributed by atoms with Gasteiger partial charge in [-0.1, -0.05) is 6.92 Å². The van der Waals surface area contributed by atoms with Crippen LogP contribution in [-0.4, -0.2) is 34.9 Å². The Morgan fingerprint density at radius 3 is 2.77 bits per heavy atom. The summed E-state index contributed by atoms with van der Waals surface area (Å²) < 4.78 is 1.99. The molecule has 5 heteroatoms. The van der Waals surface area contributed by atoms with E-state index >= 15 is 0 Å². The van der Waals surface area contributed by atoms with Gasteiger partial charge in [-0.2, -0.15) is 5.10 Å². The van der Waals surface area contributed by atoms with Crippen LogP contribution in [0, 0.1) is 12.8 Å². The van der Waals surface area contributed by atoms with Crippen LogP contribution in [-0.2, 0) is 6.54 Å². The van der Waals surface area contributed by atoms with Gasteiger partial charge in [-0.25, -0.2) is 0 Å². The van der Waals surface area contributed by atoms with Gasteiger partial charge in [0, 0.05) is 31.9 Å². The maximum atomic E-state index is 4.70. The van der Waals surface area contributed by atoms with Gasteiger partial charge in [-0.15, -0.1) is 0 Å². The van der Waals surface area contributed by atoms with Gasteiger partial charge in [-0.3, -0.25) is 9.67 Å². The number of aliphatic imine (C=N–C) groups is 1. The quantitative estimate of drug-likeness (QED) is 0.483. The minimum Gasteiger partial charge on any atom is -0.357 e. The summed E-state index contributed by atoms with van der Waals surface area (Å²) >= 11 is 0. The fourth-order valence-corrected chi connectivity index (χ4v) is 2.93. The van der Waals surface area contributed by atoms with Crippen molar-refractivity contribution in [2.75, 3.05) is 13.1 Å². The number of rotatable bonds is 6. The average molecular weight is 305 g/mol. The van der Waals surface area contributed by atoms with Crippen LogP contribution in [0.2, 0.25) is 0 Å². The highest BCUT2D eigenvalue weighted by Crippen LogP contribution is 2.23. The average Bonchev–Trinajstić information content (AvgIpc) is 2.91. The van der Waals surface area contributed by atoms with Crippen molar-refractivity contribution in [2.45, 2.75) is 65.5 Å². The third-order valence-electron chi connectivity index (χ3n) is 4.28. The minimum atomic E-state index is 0.586. The molecule has 1 heterocycles. The molecule has 2 rings (SSSR count). The molecule has 1 aromatic heterocycles. The molecule has 124 valence electrons. The lowest BCUT2D eigenvalue weighted by Gasteiger charge is -2.28. The molecule has 1 fully saturated rings. The first-order valence-corrected chi connectivity index (χ1v) is 8.71. The van der Waals surface area contributed by atoms with Gasteiger partial charge < -0.3 is 10.6 Å². The van der Waals surface area contributed by atoms with E-state index in [1.165, 1.54) is 31.2 Å². The normalized spacial score (nSPS) is 22.6. The van der Waals surface area contributed by atoms with Crippen LogP contribution in [0.3, 0.4) is 0 Å². The van der Waals surface area contributed by atoms with Gasteiger partial charge in [0.15, 0.2) is 5.96 Å². The lowest BCUT2D eigenvalue weighted by molar-refractivity contribution is 0.329. The zero-order valence-electron chi connectivity index (χ0n) is 14.3. The topological polar surface area (TPSA) is 54.2 Å². The zero-order chi connectivity index (χ0) is 15.8. The van der Waals surface area contributed by atoms with E-state index in [1.807, 2.05) is 10.9 Å². The Morgan fingerprint density at radius 2 is 2.14 bits per heavy atom. The summed E-state index contributed by atoms with van der Waals surface area (Å²) in [6, 6.07) is 0.586. The third kappa shape index (κ3) is 5.70. The number of aryl methyl sites for hydroxylation is 2.